The van der Waals surface area contributed by atoms with E-state index in [0.717, 1.165) is 6.07 Å². The second-order valence-corrected chi connectivity index (χ2v) is 5.10. The fourth-order valence-electron chi connectivity index (χ4n) is 2.88. The smallest absolute Gasteiger partial charge is 0.344 e. The van der Waals surface area contributed by atoms with Crippen molar-refractivity contribution in [1.82, 2.24) is 0 Å². The molecule has 1 aliphatic heterocycles. The average Bonchev–Trinajstić information content (AvgIpc) is 2.47. The highest BCUT2D eigenvalue weighted by Gasteiger charge is 2.42. The predicted molar refractivity (Wildman–Crippen MR) is 71.0 cm³/mol. The Balaban J connectivity index is 2.29. The fourth-order valence-corrected chi connectivity index (χ4v) is 2.88. The number of ether oxygens (including phenoxy) is 1. The van der Waals surface area contributed by atoms with E-state index in [0.29, 0.717) is 0 Å². The number of hydrogen-bond donors (Lipinski definition) is 4. The van der Waals surface area contributed by atoms with Gasteiger partial charge in [-0.15, -0.1) is 0 Å². The number of phenols is 2. The van der Waals surface area contributed by atoms with Gasteiger partial charge in [-0.25, -0.2) is 4.79 Å². The van der Waals surface area contributed by atoms with E-state index in [1.54, 1.807) is 0 Å². The number of aliphatic hydroxyl groups is 2. The number of carbonyl (C=O) groups is 1. The van der Waals surface area contributed by atoms with E-state index in [2.05, 4.69) is 0 Å². The summed E-state index contributed by atoms with van der Waals surface area (Å²) < 4.78 is 9.98. The van der Waals surface area contributed by atoms with Crippen LogP contribution in [0.1, 0.15) is 23.7 Å². The molecule has 0 saturated heterocycles. The van der Waals surface area contributed by atoms with Crippen molar-refractivity contribution in [3.8, 4) is 17.2 Å². The lowest BCUT2D eigenvalue weighted by Crippen LogP contribution is -2.28. The minimum atomic E-state index is -0.978. The van der Waals surface area contributed by atoms with Gasteiger partial charge in [-0.2, -0.15) is 0 Å². The number of rotatable bonds is 0. The summed E-state index contributed by atoms with van der Waals surface area (Å²) >= 11 is 0. The van der Waals surface area contributed by atoms with Crippen molar-refractivity contribution in [1.29, 1.82) is 0 Å². The summed E-state index contributed by atoms with van der Waals surface area (Å²) in [7, 11) is 0. The molecule has 0 spiro atoms. The van der Waals surface area contributed by atoms with Crippen molar-refractivity contribution in [3.63, 3.8) is 0 Å². The molecule has 1 atom stereocenters. The summed E-state index contributed by atoms with van der Waals surface area (Å²) in [6.45, 7) is 0. The molecule has 22 heavy (non-hydrogen) atoms. The first-order valence-electron chi connectivity index (χ1n) is 6.29. The molecule has 1 aromatic carbocycles. The molecular formula is C14H8O8. The lowest BCUT2D eigenvalue weighted by molar-refractivity contribution is -0.136. The summed E-state index contributed by atoms with van der Waals surface area (Å²) in [6, 6.07) is 0.992. The normalized spacial score (nSPS) is 19.5. The van der Waals surface area contributed by atoms with Gasteiger partial charge in [0, 0.05) is 17.4 Å². The van der Waals surface area contributed by atoms with Crippen LogP contribution in [0, 0.1) is 0 Å². The zero-order valence-corrected chi connectivity index (χ0v) is 10.8. The van der Waals surface area contributed by atoms with Gasteiger partial charge in [-0.1, -0.05) is 0 Å². The van der Waals surface area contributed by atoms with Gasteiger partial charge < -0.3 is 29.6 Å². The van der Waals surface area contributed by atoms with E-state index in [4.69, 9.17) is 9.15 Å². The maximum Gasteiger partial charge on any atom is 0.344 e. The molecule has 0 amide bonds. The largest absolute Gasteiger partial charge is 0.508 e. The zero-order chi connectivity index (χ0) is 15.8. The molecule has 2 aromatic rings. The molecule has 8 heteroatoms. The number of esters is 1. The summed E-state index contributed by atoms with van der Waals surface area (Å²) in [4.78, 5) is 24.1. The molecular weight excluding hydrogens is 296 g/mol. The Hall–Kier alpha value is -3.16. The summed E-state index contributed by atoms with van der Waals surface area (Å²) in [5, 5.41) is 39.1. The molecule has 0 fully saturated rings. The van der Waals surface area contributed by atoms with Crippen LogP contribution in [-0.2, 0) is 4.79 Å². The SMILES string of the molecule is O=C1Oc2c(O)c(O)cc3c(=O)oc4c(c23)C1CC(O)=C4O. The third-order valence-electron chi connectivity index (χ3n) is 3.89. The molecule has 8 nitrogen and oxygen atoms in total. The monoisotopic (exact) mass is 304 g/mol. The molecule has 4 rings (SSSR count). The molecule has 1 aliphatic carbocycles. The number of aromatic hydroxyl groups is 2. The van der Waals surface area contributed by atoms with Crippen LogP contribution in [0.5, 0.6) is 17.2 Å². The van der Waals surface area contributed by atoms with Crippen LogP contribution in [0.15, 0.2) is 21.0 Å². The van der Waals surface area contributed by atoms with Crippen LogP contribution < -0.4 is 10.4 Å². The third kappa shape index (κ3) is 1.31. The van der Waals surface area contributed by atoms with Crippen LogP contribution in [0.3, 0.4) is 0 Å². The Kier molecular flexibility index (Phi) is 2.13. The van der Waals surface area contributed by atoms with Crippen molar-refractivity contribution >= 4 is 22.5 Å². The number of hydrogen-bond acceptors (Lipinski definition) is 8. The molecule has 112 valence electrons. The highest BCUT2D eigenvalue weighted by Crippen LogP contribution is 2.51. The topological polar surface area (TPSA) is 137 Å². The molecule has 2 heterocycles. The number of benzene rings is 1. The summed E-state index contributed by atoms with van der Waals surface area (Å²) in [5.74, 6) is -4.95. The third-order valence-corrected chi connectivity index (χ3v) is 3.89. The van der Waals surface area contributed by atoms with Gasteiger partial charge in [0.2, 0.25) is 5.75 Å². The molecule has 1 unspecified atom stereocenters. The Labute approximate surface area is 121 Å². The molecule has 0 radical (unpaired) electrons. The van der Waals surface area contributed by atoms with Crippen LogP contribution in [0.25, 0.3) is 16.5 Å². The molecule has 4 N–H and O–H groups in total. The minimum Gasteiger partial charge on any atom is -0.508 e. The Morgan fingerprint density at radius 1 is 1.14 bits per heavy atom. The number of aliphatic hydroxyl groups excluding tert-OH is 2. The highest BCUT2D eigenvalue weighted by molar-refractivity contribution is 6.04. The molecule has 2 aliphatic rings. The number of carbonyl (C=O) groups excluding carboxylic acids is 1. The van der Waals surface area contributed by atoms with E-state index in [9.17, 15) is 30.0 Å². The quantitative estimate of drug-likeness (QED) is 0.325. The molecule has 0 bridgehead atoms. The van der Waals surface area contributed by atoms with Crippen molar-refractivity contribution in [2.24, 2.45) is 0 Å². The van der Waals surface area contributed by atoms with Gasteiger partial charge in [0.05, 0.1) is 11.3 Å². The van der Waals surface area contributed by atoms with E-state index in [-0.39, 0.29) is 34.3 Å². The van der Waals surface area contributed by atoms with E-state index < -0.39 is 40.5 Å². The number of phenolic OH excluding ortho intramolecular Hbond substituents is 2. The lowest BCUT2D eigenvalue weighted by Gasteiger charge is -2.28. The second-order valence-electron chi connectivity index (χ2n) is 5.10. The van der Waals surface area contributed by atoms with Gasteiger partial charge in [0.1, 0.15) is 5.76 Å². The first-order valence-corrected chi connectivity index (χ1v) is 6.29. The predicted octanol–water partition coefficient (Wildman–Crippen LogP) is 1.40. The minimum absolute atomic E-state index is 0.0743. The first kappa shape index (κ1) is 12.6. The summed E-state index contributed by atoms with van der Waals surface area (Å²) in [5.41, 5.74) is -0.769. The Bertz CT molecular complexity index is 965. The van der Waals surface area contributed by atoms with Crippen molar-refractivity contribution in [2.45, 2.75) is 12.3 Å². The van der Waals surface area contributed by atoms with E-state index in [1.807, 2.05) is 0 Å². The standard InChI is InChI=1S/C14H8O8/c15-5-1-3-7-8-4(14(20)22-11(7)9(5)17)2-6(16)10(18)12(8)21-13(3)19/h1,4,15-18H,2H2. The summed E-state index contributed by atoms with van der Waals surface area (Å²) in [6.07, 6.45) is -0.221. The van der Waals surface area contributed by atoms with Crippen molar-refractivity contribution in [2.75, 3.05) is 0 Å². The molecule has 1 aromatic heterocycles. The van der Waals surface area contributed by atoms with Crippen LogP contribution in [0.4, 0.5) is 0 Å². The van der Waals surface area contributed by atoms with Crippen molar-refractivity contribution < 1.29 is 34.4 Å². The Morgan fingerprint density at radius 2 is 1.86 bits per heavy atom. The highest BCUT2D eigenvalue weighted by atomic mass is 16.5. The lowest BCUT2D eigenvalue weighted by atomic mass is 9.83. The first-order chi connectivity index (χ1) is 10.4. The van der Waals surface area contributed by atoms with E-state index in [1.165, 1.54) is 0 Å². The van der Waals surface area contributed by atoms with Crippen LogP contribution in [-0.4, -0.2) is 26.4 Å². The van der Waals surface area contributed by atoms with Gasteiger partial charge in [-0.3, -0.25) is 4.79 Å². The average molecular weight is 304 g/mol. The molecule has 0 saturated carbocycles. The van der Waals surface area contributed by atoms with Gasteiger partial charge in [0.25, 0.3) is 0 Å². The number of allylic oxidation sites excluding steroid dienone is 1. The Morgan fingerprint density at radius 3 is 2.59 bits per heavy atom. The van der Waals surface area contributed by atoms with Crippen molar-refractivity contribution in [3.05, 3.63) is 33.6 Å². The maximum atomic E-state index is 12.1. The van der Waals surface area contributed by atoms with Gasteiger partial charge >= 0.3 is 11.6 Å². The van der Waals surface area contributed by atoms with Crippen LogP contribution in [0.2, 0.25) is 0 Å². The van der Waals surface area contributed by atoms with Gasteiger partial charge in [-0.05, 0) is 6.07 Å². The van der Waals surface area contributed by atoms with Gasteiger partial charge in [0.15, 0.2) is 23.0 Å². The zero-order valence-electron chi connectivity index (χ0n) is 10.8. The van der Waals surface area contributed by atoms with Crippen LogP contribution >= 0.6 is 0 Å². The second kappa shape index (κ2) is 3.73. The fraction of sp³-hybridized carbons (Fsp3) is 0.143. The van der Waals surface area contributed by atoms with E-state index >= 15 is 0 Å². The maximum absolute atomic E-state index is 12.1.